The average molecular weight is 186 g/mol. The first kappa shape index (κ1) is 7.76. The average Bonchev–Trinajstić information content (AvgIpc) is 2.54. The number of hydrogen-bond donors (Lipinski definition) is 1. The van der Waals surface area contributed by atoms with Crippen molar-refractivity contribution in [3.8, 4) is 0 Å². The SMILES string of the molecule is ON1C=C2N=c3ccccc3=C2CC1. The molecule has 0 unspecified atom stereocenters. The van der Waals surface area contributed by atoms with Crippen molar-refractivity contribution in [1.82, 2.24) is 5.06 Å². The van der Waals surface area contributed by atoms with Crippen molar-refractivity contribution < 1.29 is 5.21 Å². The minimum absolute atomic E-state index is 0.655. The number of nitrogens with zero attached hydrogens (tertiary/aromatic N) is 2. The predicted octanol–water partition coefficient (Wildman–Crippen LogP) is 0.407. The van der Waals surface area contributed by atoms with E-state index >= 15 is 0 Å². The minimum atomic E-state index is 0.655. The summed E-state index contributed by atoms with van der Waals surface area (Å²) in [4.78, 5) is 4.45. The Morgan fingerprint density at radius 2 is 2.14 bits per heavy atom. The van der Waals surface area contributed by atoms with Gasteiger partial charge >= 0.3 is 0 Å². The highest BCUT2D eigenvalue weighted by Gasteiger charge is 2.17. The smallest absolute Gasteiger partial charge is 0.0859 e. The lowest BCUT2D eigenvalue weighted by Gasteiger charge is -2.18. The predicted molar refractivity (Wildman–Crippen MR) is 51.8 cm³/mol. The topological polar surface area (TPSA) is 35.8 Å². The molecular formula is C11H10N2O. The van der Waals surface area contributed by atoms with Gasteiger partial charge in [-0.1, -0.05) is 18.2 Å². The molecule has 0 aliphatic carbocycles. The zero-order valence-corrected chi connectivity index (χ0v) is 7.64. The number of fused-ring (bicyclic) bond motifs is 2. The molecule has 2 aliphatic rings. The number of para-hydroxylation sites is 1. The van der Waals surface area contributed by atoms with Gasteiger partial charge in [0.1, 0.15) is 0 Å². The van der Waals surface area contributed by atoms with Gasteiger partial charge in [0.05, 0.1) is 17.3 Å². The lowest BCUT2D eigenvalue weighted by Crippen LogP contribution is -2.24. The molecule has 0 saturated heterocycles. The van der Waals surface area contributed by atoms with Gasteiger partial charge in [0.25, 0.3) is 0 Å². The van der Waals surface area contributed by atoms with Crippen LogP contribution in [0.2, 0.25) is 0 Å². The Kier molecular flexibility index (Phi) is 1.49. The third-order valence-corrected chi connectivity index (χ3v) is 2.64. The highest BCUT2D eigenvalue weighted by Crippen LogP contribution is 2.22. The summed E-state index contributed by atoms with van der Waals surface area (Å²) in [5, 5.41) is 12.8. The maximum atomic E-state index is 9.32. The van der Waals surface area contributed by atoms with E-state index in [-0.39, 0.29) is 0 Å². The Labute approximate surface area is 81.3 Å². The van der Waals surface area contributed by atoms with Gasteiger partial charge in [0.2, 0.25) is 0 Å². The molecule has 3 nitrogen and oxygen atoms in total. The zero-order valence-electron chi connectivity index (χ0n) is 7.64. The van der Waals surface area contributed by atoms with Crippen molar-refractivity contribution in [2.45, 2.75) is 6.42 Å². The fourth-order valence-electron chi connectivity index (χ4n) is 1.96. The van der Waals surface area contributed by atoms with Crippen molar-refractivity contribution in [3.05, 3.63) is 46.7 Å². The van der Waals surface area contributed by atoms with E-state index in [1.54, 1.807) is 6.20 Å². The van der Waals surface area contributed by atoms with Crippen molar-refractivity contribution >= 4 is 5.57 Å². The van der Waals surface area contributed by atoms with Gasteiger partial charge in [0, 0.05) is 11.8 Å². The third-order valence-electron chi connectivity index (χ3n) is 2.64. The maximum Gasteiger partial charge on any atom is 0.0859 e. The molecule has 0 saturated carbocycles. The van der Waals surface area contributed by atoms with E-state index in [0.29, 0.717) is 6.54 Å². The van der Waals surface area contributed by atoms with Crippen molar-refractivity contribution in [3.63, 3.8) is 0 Å². The number of hydrogen-bond acceptors (Lipinski definition) is 3. The summed E-state index contributed by atoms with van der Waals surface area (Å²) >= 11 is 0. The summed E-state index contributed by atoms with van der Waals surface area (Å²) in [5.41, 5.74) is 2.16. The van der Waals surface area contributed by atoms with Crippen LogP contribution in [0.3, 0.4) is 0 Å². The molecule has 70 valence electrons. The van der Waals surface area contributed by atoms with E-state index < -0.39 is 0 Å². The second-order valence-electron chi connectivity index (χ2n) is 3.53. The van der Waals surface area contributed by atoms with Crippen LogP contribution in [-0.2, 0) is 0 Å². The first-order chi connectivity index (χ1) is 6.84. The first-order valence-corrected chi connectivity index (χ1v) is 4.69. The van der Waals surface area contributed by atoms with E-state index in [9.17, 15) is 5.21 Å². The molecule has 0 spiro atoms. The Balaban J connectivity index is 2.34. The van der Waals surface area contributed by atoms with E-state index in [4.69, 9.17) is 0 Å². The molecular weight excluding hydrogens is 176 g/mol. The minimum Gasteiger partial charge on any atom is -0.289 e. The van der Waals surface area contributed by atoms with Crippen LogP contribution in [0.4, 0.5) is 0 Å². The Morgan fingerprint density at radius 1 is 1.29 bits per heavy atom. The van der Waals surface area contributed by atoms with Crippen LogP contribution in [0, 0.1) is 0 Å². The third kappa shape index (κ3) is 0.992. The molecule has 0 amide bonds. The number of hydroxylamine groups is 2. The summed E-state index contributed by atoms with van der Waals surface area (Å²) in [6, 6.07) is 8.10. The zero-order chi connectivity index (χ0) is 9.54. The summed E-state index contributed by atoms with van der Waals surface area (Å²) in [6.45, 7) is 0.655. The molecule has 14 heavy (non-hydrogen) atoms. The Hall–Kier alpha value is -1.61. The highest BCUT2D eigenvalue weighted by molar-refractivity contribution is 5.66. The second-order valence-corrected chi connectivity index (χ2v) is 3.53. The Bertz CT molecular complexity index is 530. The lowest BCUT2D eigenvalue weighted by molar-refractivity contribution is -0.0414. The van der Waals surface area contributed by atoms with Crippen LogP contribution in [-0.4, -0.2) is 16.8 Å². The molecule has 0 bridgehead atoms. The molecule has 0 atom stereocenters. The van der Waals surface area contributed by atoms with Crippen LogP contribution in [0.15, 0.2) is 41.2 Å². The molecule has 0 radical (unpaired) electrons. The van der Waals surface area contributed by atoms with Gasteiger partial charge in [-0.05, 0) is 18.1 Å². The van der Waals surface area contributed by atoms with Gasteiger partial charge in [-0.3, -0.25) is 10.3 Å². The standard InChI is InChI=1S/C11H10N2O/c14-13-6-5-9-8-3-1-2-4-10(8)12-11(9)7-13/h1-4,7,14H,5-6H2. The van der Waals surface area contributed by atoms with Crippen molar-refractivity contribution in [1.29, 1.82) is 0 Å². The molecule has 0 aromatic heterocycles. The molecule has 3 rings (SSSR count). The fraction of sp³-hybridized carbons (Fsp3) is 0.182. The van der Waals surface area contributed by atoms with Gasteiger partial charge in [-0.2, -0.15) is 0 Å². The van der Waals surface area contributed by atoms with Crippen LogP contribution in [0.1, 0.15) is 6.42 Å². The molecule has 2 aliphatic heterocycles. The first-order valence-electron chi connectivity index (χ1n) is 4.69. The van der Waals surface area contributed by atoms with E-state index in [1.165, 1.54) is 15.9 Å². The van der Waals surface area contributed by atoms with Crippen LogP contribution >= 0.6 is 0 Å². The number of allylic oxidation sites excluding steroid dienone is 1. The highest BCUT2D eigenvalue weighted by atomic mass is 16.5. The fourth-order valence-corrected chi connectivity index (χ4v) is 1.96. The normalized spacial score (nSPS) is 18.5. The molecule has 1 aromatic rings. The summed E-state index contributed by atoms with van der Waals surface area (Å²) < 4.78 is 0. The molecule has 3 heteroatoms. The summed E-state index contributed by atoms with van der Waals surface area (Å²) in [5.74, 6) is 0. The quantitative estimate of drug-likeness (QED) is 0.637. The second kappa shape index (κ2) is 2.69. The summed E-state index contributed by atoms with van der Waals surface area (Å²) in [7, 11) is 0. The number of rotatable bonds is 0. The van der Waals surface area contributed by atoms with E-state index in [1.807, 2.05) is 18.2 Å². The Morgan fingerprint density at radius 3 is 3.07 bits per heavy atom. The molecule has 2 heterocycles. The van der Waals surface area contributed by atoms with Gasteiger partial charge in [-0.15, -0.1) is 0 Å². The molecule has 1 aromatic carbocycles. The molecule has 1 N–H and O–H groups in total. The largest absolute Gasteiger partial charge is 0.289 e. The van der Waals surface area contributed by atoms with Crippen molar-refractivity contribution in [2.75, 3.05) is 6.54 Å². The monoisotopic (exact) mass is 186 g/mol. The van der Waals surface area contributed by atoms with E-state index in [0.717, 1.165) is 17.5 Å². The van der Waals surface area contributed by atoms with Crippen LogP contribution in [0.5, 0.6) is 0 Å². The van der Waals surface area contributed by atoms with E-state index in [2.05, 4.69) is 11.1 Å². The summed E-state index contributed by atoms with van der Waals surface area (Å²) in [6.07, 6.45) is 2.56. The van der Waals surface area contributed by atoms with Crippen LogP contribution < -0.4 is 10.6 Å². The number of benzene rings is 1. The van der Waals surface area contributed by atoms with Gasteiger partial charge in [-0.25, -0.2) is 4.99 Å². The van der Waals surface area contributed by atoms with Crippen LogP contribution in [0.25, 0.3) is 5.57 Å². The molecule has 0 fully saturated rings. The lowest BCUT2D eigenvalue weighted by atomic mass is 10.1. The van der Waals surface area contributed by atoms with Gasteiger partial charge in [0.15, 0.2) is 0 Å². The van der Waals surface area contributed by atoms with Gasteiger partial charge < -0.3 is 0 Å². The van der Waals surface area contributed by atoms with Crippen molar-refractivity contribution in [2.24, 2.45) is 4.99 Å². The maximum absolute atomic E-state index is 9.32.